The molecule has 0 fully saturated rings. The monoisotopic (exact) mass is 381 g/mol. The molecule has 134 valence electrons. The Kier molecular flexibility index (Phi) is 3.72. The zero-order chi connectivity index (χ0) is 18.5. The molecule has 0 aromatic carbocycles. The summed E-state index contributed by atoms with van der Waals surface area (Å²) >= 11 is 6.32. The quantitative estimate of drug-likeness (QED) is 0.589. The molecule has 11 heteroatoms. The number of hydrogen-bond acceptors (Lipinski definition) is 4. The number of nitrogens with one attached hydrogen (secondary N) is 1. The first-order valence-electron chi connectivity index (χ1n) is 7.45. The fourth-order valence-corrected chi connectivity index (χ4v) is 3.04. The van der Waals surface area contributed by atoms with Crippen LogP contribution in [0.3, 0.4) is 0 Å². The van der Waals surface area contributed by atoms with E-state index in [4.69, 9.17) is 11.6 Å². The molecule has 0 aliphatic rings. The van der Waals surface area contributed by atoms with E-state index in [2.05, 4.69) is 25.4 Å². The van der Waals surface area contributed by atoms with Gasteiger partial charge >= 0.3 is 6.18 Å². The van der Waals surface area contributed by atoms with E-state index in [1.165, 1.54) is 12.3 Å². The molecule has 0 aliphatic heterocycles. The van der Waals surface area contributed by atoms with Crippen LogP contribution in [0.4, 0.5) is 13.2 Å². The van der Waals surface area contributed by atoms with Gasteiger partial charge in [0.2, 0.25) is 0 Å². The molecule has 4 heterocycles. The molecule has 4 rings (SSSR count). The van der Waals surface area contributed by atoms with Crippen molar-refractivity contribution in [2.24, 2.45) is 7.05 Å². The molecule has 7 nitrogen and oxygen atoms in total. The van der Waals surface area contributed by atoms with Crippen molar-refractivity contribution >= 4 is 22.6 Å². The topological polar surface area (TPSA) is 77.2 Å². The van der Waals surface area contributed by atoms with Crippen molar-refractivity contribution in [1.82, 2.24) is 34.7 Å². The summed E-state index contributed by atoms with van der Waals surface area (Å²) in [5.41, 5.74) is 2.21. The van der Waals surface area contributed by atoms with Crippen LogP contribution in [0.15, 0.2) is 30.6 Å². The van der Waals surface area contributed by atoms with E-state index in [0.717, 1.165) is 4.68 Å². The van der Waals surface area contributed by atoms with Crippen molar-refractivity contribution < 1.29 is 13.2 Å². The standard InChI is InChI=1S/C15H11ClF3N7/c1-25-11(3-5-21-25)10-6-8(16)14-13(22-10)12(9-2-4-20-23-9)24-26(14)7-15(17,18)19/h2-6H,7H2,1H3,(H,20,23). The van der Waals surface area contributed by atoms with Crippen LogP contribution in [0.25, 0.3) is 33.8 Å². The first kappa shape index (κ1) is 16.6. The first-order chi connectivity index (χ1) is 12.3. The second-order valence-electron chi connectivity index (χ2n) is 5.62. The van der Waals surface area contributed by atoms with Gasteiger partial charge in [-0.3, -0.25) is 14.5 Å². The molecule has 4 aromatic heterocycles. The lowest BCUT2D eigenvalue weighted by atomic mass is 10.2. The van der Waals surface area contributed by atoms with Crippen LogP contribution in [0, 0.1) is 0 Å². The SMILES string of the molecule is Cn1nccc1-c1cc(Cl)c2c(n1)c(-c1ccn[nH]1)nn2CC(F)(F)F. The smallest absolute Gasteiger partial charge is 0.276 e. The van der Waals surface area contributed by atoms with Gasteiger partial charge in [-0.25, -0.2) is 4.98 Å². The molecule has 26 heavy (non-hydrogen) atoms. The first-order valence-corrected chi connectivity index (χ1v) is 7.83. The van der Waals surface area contributed by atoms with Gasteiger partial charge in [0.25, 0.3) is 0 Å². The number of nitrogens with zero attached hydrogens (tertiary/aromatic N) is 6. The van der Waals surface area contributed by atoms with Crippen LogP contribution in [0.1, 0.15) is 0 Å². The van der Waals surface area contributed by atoms with Gasteiger partial charge < -0.3 is 0 Å². The highest BCUT2D eigenvalue weighted by Gasteiger charge is 2.31. The number of alkyl halides is 3. The number of fused-ring (bicyclic) bond motifs is 1. The van der Waals surface area contributed by atoms with E-state index in [-0.39, 0.29) is 21.7 Å². The Morgan fingerprint density at radius 2 is 2.04 bits per heavy atom. The Morgan fingerprint density at radius 3 is 2.65 bits per heavy atom. The molecule has 0 atom stereocenters. The molecule has 0 spiro atoms. The molecular formula is C15H11ClF3N7. The lowest BCUT2D eigenvalue weighted by Crippen LogP contribution is -2.18. The van der Waals surface area contributed by atoms with Crippen molar-refractivity contribution in [3.63, 3.8) is 0 Å². The zero-order valence-electron chi connectivity index (χ0n) is 13.3. The Balaban J connectivity index is 2.00. The van der Waals surface area contributed by atoms with Crippen LogP contribution in [-0.2, 0) is 13.6 Å². The summed E-state index contributed by atoms with van der Waals surface area (Å²) in [5.74, 6) is 0. The molecular weight excluding hydrogens is 371 g/mol. The zero-order valence-corrected chi connectivity index (χ0v) is 14.0. The summed E-state index contributed by atoms with van der Waals surface area (Å²) in [6.07, 6.45) is -1.37. The summed E-state index contributed by atoms with van der Waals surface area (Å²) in [6, 6.07) is 4.85. The van der Waals surface area contributed by atoms with E-state index in [9.17, 15) is 13.2 Å². The molecule has 0 saturated heterocycles. The van der Waals surface area contributed by atoms with Crippen LogP contribution < -0.4 is 0 Å². The summed E-state index contributed by atoms with van der Waals surface area (Å²) in [5, 5.41) is 14.8. The molecule has 0 unspecified atom stereocenters. The van der Waals surface area contributed by atoms with Crippen molar-refractivity contribution in [1.29, 1.82) is 0 Å². The van der Waals surface area contributed by atoms with Gasteiger partial charge in [-0.2, -0.15) is 28.5 Å². The van der Waals surface area contributed by atoms with Gasteiger partial charge in [-0.05, 0) is 18.2 Å². The minimum Gasteiger partial charge on any atom is -0.276 e. The minimum absolute atomic E-state index is 0.111. The molecule has 0 aliphatic carbocycles. The second kappa shape index (κ2) is 5.84. The highest BCUT2D eigenvalue weighted by atomic mass is 35.5. The van der Waals surface area contributed by atoms with E-state index < -0.39 is 12.7 Å². The fraction of sp³-hybridized carbons (Fsp3) is 0.200. The third-order valence-corrected chi connectivity index (χ3v) is 4.11. The van der Waals surface area contributed by atoms with E-state index in [0.29, 0.717) is 17.1 Å². The molecule has 0 saturated carbocycles. The van der Waals surface area contributed by atoms with Gasteiger partial charge in [0.15, 0.2) is 0 Å². The van der Waals surface area contributed by atoms with Crippen LogP contribution in [-0.4, -0.2) is 40.9 Å². The summed E-state index contributed by atoms with van der Waals surface area (Å²) in [6.45, 7) is -1.27. The summed E-state index contributed by atoms with van der Waals surface area (Å²) in [7, 11) is 1.73. The summed E-state index contributed by atoms with van der Waals surface area (Å²) < 4.78 is 41.3. The van der Waals surface area contributed by atoms with Gasteiger partial charge in [0, 0.05) is 19.4 Å². The fourth-order valence-electron chi connectivity index (χ4n) is 2.75. The Bertz CT molecular complexity index is 1080. The number of aromatic nitrogens is 7. The average Bonchev–Trinajstić information content (AvgIpc) is 3.25. The van der Waals surface area contributed by atoms with Crippen molar-refractivity contribution in [2.45, 2.75) is 12.7 Å². The largest absolute Gasteiger partial charge is 0.408 e. The minimum atomic E-state index is -4.45. The van der Waals surface area contributed by atoms with Crippen molar-refractivity contribution in [2.75, 3.05) is 0 Å². The highest BCUT2D eigenvalue weighted by molar-refractivity contribution is 6.35. The normalized spacial score (nSPS) is 12.2. The maximum atomic E-state index is 13.0. The molecule has 0 radical (unpaired) electrons. The van der Waals surface area contributed by atoms with E-state index in [1.807, 2.05) is 0 Å². The third-order valence-electron chi connectivity index (χ3n) is 3.82. The molecule has 4 aromatic rings. The van der Waals surface area contributed by atoms with Crippen LogP contribution in [0.5, 0.6) is 0 Å². The maximum Gasteiger partial charge on any atom is 0.408 e. The third kappa shape index (κ3) is 2.81. The predicted octanol–water partition coefficient (Wildman–Crippen LogP) is 3.44. The van der Waals surface area contributed by atoms with Crippen molar-refractivity contribution in [3.8, 4) is 22.8 Å². The Labute approximate surface area is 149 Å². The van der Waals surface area contributed by atoms with E-state index >= 15 is 0 Å². The number of H-pyrrole nitrogens is 1. The van der Waals surface area contributed by atoms with Gasteiger partial charge in [0.1, 0.15) is 23.3 Å². The van der Waals surface area contributed by atoms with Crippen molar-refractivity contribution in [3.05, 3.63) is 35.6 Å². The predicted molar refractivity (Wildman–Crippen MR) is 88.4 cm³/mol. The van der Waals surface area contributed by atoms with Gasteiger partial charge in [-0.1, -0.05) is 11.6 Å². The summed E-state index contributed by atoms with van der Waals surface area (Å²) in [4.78, 5) is 4.50. The number of hydrogen-bond donors (Lipinski definition) is 1. The molecule has 0 bridgehead atoms. The van der Waals surface area contributed by atoms with Gasteiger partial charge in [0.05, 0.1) is 22.1 Å². The number of rotatable bonds is 3. The number of aryl methyl sites for hydroxylation is 1. The number of aromatic amines is 1. The maximum absolute atomic E-state index is 13.0. The Morgan fingerprint density at radius 1 is 1.23 bits per heavy atom. The number of pyridine rings is 1. The molecule has 0 amide bonds. The number of halogens is 4. The van der Waals surface area contributed by atoms with Gasteiger partial charge in [-0.15, -0.1) is 0 Å². The van der Waals surface area contributed by atoms with Crippen LogP contribution >= 0.6 is 11.6 Å². The highest BCUT2D eigenvalue weighted by Crippen LogP contribution is 2.34. The van der Waals surface area contributed by atoms with E-state index in [1.54, 1.807) is 30.1 Å². The van der Waals surface area contributed by atoms with Crippen LogP contribution in [0.2, 0.25) is 5.02 Å². The Hall–Kier alpha value is -2.88. The average molecular weight is 382 g/mol. The lowest BCUT2D eigenvalue weighted by molar-refractivity contribution is -0.141. The lowest BCUT2D eigenvalue weighted by Gasteiger charge is -2.09. The second-order valence-corrected chi connectivity index (χ2v) is 6.03. The molecule has 1 N–H and O–H groups in total.